The molecule has 1 aromatic heterocycles. The molecule has 1 heterocycles. The molecule has 0 radical (unpaired) electrons. The molecule has 4 nitrogen and oxygen atoms in total. The quantitative estimate of drug-likeness (QED) is 0.842. The second kappa shape index (κ2) is 6.54. The normalized spacial score (nSPS) is 14.1. The fourth-order valence-electron chi connectivity index (χ4n) is 1.55. The first-order valence-corrected chi connectivity index (χ1v) is 8.49. The maximum absolute atomic E-state index is 12.1. The van der Waals surface area contributed by atoms with Gasteiger partial charge >= 0.3 is 0 Å². The van der Waals surface area contributed by atoms with Gasteiger partial charge in [0, 0.05) is 12.6 Å². The Bertz CT molecular complexity index is 500. The molecule has 8 heteroatoms. The molecule has 1 unspecified atom stereocenters. The molecule has 0 saturated heterocycles. The third kappa shape index (κ3) is 4.36. The average Bonchev–Trinajstić information content (AvgIpc) is 2.56. The number of halogens is 2. The average molecular weight is 331 g/mol. The lowest BCUT2D eigenvalue weighted by molar-refractivity contribution is 0.465. The monoisotopic (exact) mass is 330 g/mol. The molecule has 0 fully saturated rings. The Morgan fingerprint density at radius 1 is 1.44 bits per heavy atom. The Morgan fingerprint density at radius 2 is 2.06 bits per heavy atom. The number of nitrogens with two attached hydrogens (primary N) is 1. The highest BCUT2D eigenvalue weighted by Crippen LogP contribution is 2.34. The van der Waals surface area contributed by atoms with Crippen molar-refractivity contribution in [1.29, 1.82) is 0 Å². The van der Waals surface area contributed by atoms with Crippen molar-refractivity contribution in [1.82, 2.24) is 4.72 Å². The summed E-state index contributed by atoms with van der Waals surface area (Å²) < 4.78 is 27.3. The van der Waals surface area contributed by atoms with Crippen LogP contribution in [0.5, 0.6) is 0 Å². The minimum absolute atomic E-state index is 0.0152. The van der Waals surface area contributed by atoms with Crippen LogP contribution in [0.3, 0.4) is 0 Å². The van der Waals surface area contributed by atoms with Crippen molar-refractivity contribution in [3.63, 3.8) is 0 Å². The summed E-state index contributed by atoms with van der Waals surface area (Å²) in [7, 11) is -3.66. The second-order valence-electron chi connectivity index (χ2n) is 4.37. The van der Waals surface area contributed by atoms with E-state index in [4.69, 9.17) is 28.9 Å². The van der Waals surface area contributed by atoms with Gasteiger partial charge in [0.25, 0.3) is 0 Å². The molecular formula is C10H16Cl2N2O2S2. The van der Waals surface area contributed by atoms with Crippen LogP contribution in [-0.4, -0.2) is 21.0 Å². The van der Waals surface area contributed by atoms with Gasteiger partial charge in [-0.25, -0.2) is 13.1 Å². The van der Waals surface area contributed by atoms with E-state index in [-0.39, 0.29) is 21.8 Å². The standard InChI is InChI=1S/C10H16Cl2N2O2S2/c1-6(2)3-7(5-13)14-18(15,16)8-4-9(11)17-10(8)12/h4,6-7,14H,3,5,13H2,1-2H3. The van der Waals surface area contributed by atoms with E-state index in [1.54, 1.807) is 0 Å². The van der Waals surface area contributed by atoms with E-state index in [1.165, 1.54) is 6.07 Å². The lowest BCUT2D eigenvalue weighted by Gasteiger charge is -2.18. The van der Waals surface area contributed by atoms with Crippen molar-refractivity contribution in [3.8, 4) is 0 Å². The van der Waals surface area contributed by atoms with E-state index in [0.717, 1.165) is 11.3 Å². The minimum atomic E-state index is -3.66. The van der Waals surface area contributed by atoms with Gasteiger partial charge in [-0.3, -0.25) is 0 Å². The van der Waals surface area contributed by atoms with E-state index >= 15 is 0 Å². The molecule has 0 aliphatic rings. The third-order valence-corrected chi connectivity index (χ3v) is 5.55. The largest absolute Gasteiger partial charge is 0.329 e. The van der Waals surface area contributed by atoms with Crippen molar-refractivity contribution in [3.05, 3.63) is 14.7 Å². The number of hydrogen-bond acceptors (Lipinski definition) is 4. The van der Waals surface area contributed by atoms with Crippen LogP contribution in [0.2, 0.25) is 8.67 Å². The molecule has 0 aliphatic heterocycles. The van der Waals surface area contributed by atoms with Crippen molar-refractivity contribution in [2.75, 3.05) is 6.54 Å². The number of nitrogens with one attached hydrogen (secondary N) is 1. The Balaban J connectivity index is 2.90. The lowest BCUT2D eigenvalue weighted by atomic mass is 10.1. The van der Waals surface area contributed by atoms with Crippen molar-refractivity contribution < 1.29 is 8.42 Å². The predicted octanol–water partition coefficient (Wildman–Crippen LogP) is 2.71. The summed E-state index contributed by atoms with van der Waals surface area (Å²) in [4.78, 5) is 0.0152. The third-order valence-electron chi connectivity index (χ3n) is 2.28. The number of thiophene rings is 1. The molecule has 0 bridgehead atoms. The Labute approximate surface area is 122 Å². The van der Waals surface area contributed by atoms with E-state index in [2.05, 4.69) is 4.72 Å². The molecule has 3 N–H and O–H groups in total. The summed E-state index contributed by atoms with van der Waals surface area (Å²) in [5.74, 6) is 0.350. The highest BCUT2D eigenvalue weighted by molar-refractivity contribution is 7.89. The Hall–Kier alpha value is 0.150. The fourth-order valence-corrected chi connectivity index (χ4v) is 4.96. The smallest absolute Gasteiger partial charge is 0.243 e. The SMILES string of the molecule is CC(C)CC(CN)NS(=O)(=O)c1cc(Cl)sc1Cl. The first-order chi connectivity index (χ1) is 8.26. The molecule has 0 amide bonds. The molecule has 0 aliphatic carbocycles. The van der Waals surface area contributed by atoms with Gasteiger partial charge in [0.15, 0.2) is 0 Å². The van der Waals surface area contributed by atoms with E-state index < -0.39 is 10.0 Å². The van der Waals surface area contributed by atoms with Crippen molar-refractivity contribution in [2.24, 2.45) is 11.7 Å². The number of sulfonamides is 1. The minimum Gasteiger partial charge on any atom is -0.329 e. The van der Waals surface area contributed by atoms with Crippen molar-refractivity contribution >= 4 is 44.6 Å². The molecule has 0 saturated carbocycles. The van der Waals surface area contributed by atoms with Crippen molar-refractivity contribution in [2.45, 2.75) is 31.2 Å². The maximum atomic E-state index is 12.1. The van der Waals surface area contributed by atoms with Crippen LogP contribution in [0.25, 0.3) is 0 Å². The van der Waals surface area contributed by atoms with Gasteiger partial charge in [0.1, 0.15) is 9.23 Å². The molecule has 0 spiro atoms. The van der Waals surface area contributed by atoms with E-state index in [9.17, 15) is 8.42 Å². The van der Waals surface area contributed by atoms with Crippen LogP contribution in [0.15, 0.2) is 11.0 Å². The van der Waals surface area contributed by atoms with Crippen LogP contribution in [-0.2, 0) is 10.0 Å². The summed E-state index contributed by atoms with van der Waals surface area (Å²) in [6.45, 7) is 4.25. The van der Waals surface area contributed by atoms with Gasteiger partial charge in [-0.15, -0.1) is 11.3 Å². The predicted molar refractivity (Wildman–Crippen MR) is 77.0 cm³/mol. The van der Waals surface area contributed by atoms with Crippen LogP contribution in [0.4, 0.5) is 0 Å². The molecule has 104 valence electrons. The van der Waals surface area contributed by atoms with Gasteiger partial charge in [0.05, 0.1) is 4.34 Å². The first kappa shape index (κ1) is 16.2. The zero-order chi connectivity index (χ0) is 13.9. The zero-order valence-corrected chi connectivity index (χ0v) is 13.3. The topological polar surface area (TPSA) is 72.2 Å². The first-order valence-electron chi connectivity index (χ1n) is 5.43. The van der Waals surface area contributed by atoms with Gasteiger partial charge in [-0.2, -0.15) is 0 Å². The fraction of sp³-hybridized carbons (Fsp3) is 0.600. The highest BCUT2D eigenvalue weighted by atomic mass is 35.5. The molecular weight excluding hydrogens is 315 g/mol. The summed E-state index contributed by atoms with van der Waals surface area (Å²) in [5, 5.41) is 0. The molecule has 1 atom stereocenters. The number of hydrogen-bond donors (Lipinski definition) is 2. The van der Waals surface area contributed by atoms with Crippen LogP contribution >= 0.6 is 34.5 Å². The molecule has 18 heavy (non-hydrogen) atoms. The Kier molecular flexibility index (Phi) is 5.89. The maximum Gasteiger partial charge on any atom is 0.243 e. The molecule has 0 aromatic carbocycles. The van der Waals surface area contributed by atoms with Crippen LogP contribution in [0.1, 0.15) is 20.3 Å². The van der Waals surface area contributed by atoms with Gasteiger partial charge in [-0.05, 0) is 18.4 Å². The summed E-state index contributed by atoms with van der Waals surface area (Å²) >= 11 is 12.6. The van der Waals surface area contributed by atoms with Gasteiger partial charge < -0.3 is 5.73 Å². The Morgan fingerprint density at radius 3 is 2.44 bits per heavy atom. The molecule has 1 rings (SSSR count). The van der Waals surface area contributed by atoms with Crippen LogP contribution < -0.4 is 10.5 Å². The van der Waals surface area contributed by atoms with Crippen LogP contribution in [0, 0.1) is 5.92 Å². The highest BCUT2D eigenvalue weighted by Gasteiger charge is 2.24. The van der Waals surface area contributed by atoms with E-state index in [1.807, 2.05) is 13.8 Å². The lowest BCUT2D eigenvalue weighted by Crippen LogP contribution is -2.40. The molecule has 1 aromatic rings. The summed E-state index contributed by atoms with van der Waals surface area (Å²) in [6, 6.07) is 1.05. The van der Waals surface area contributed by atoms with E-state index in [0.29, 0.717) is 16.7 Å². The van der Waals surface area contributed by atoms with Gasteiger partial charge in [0.2, 0.25) is 10.0 Å². The zero-order valence-electron chi connectivity index (χ0n) is 10.1. The summed E-state index contributed by atoms with van der Waals surface area (Å²) in [5.41, 5.74) is 5.57. The summed E-state index contributed by atoms with van der Waals surface area (Å²) in [6.07, 6.45) is 0.672. The second-order valence-corrected chi connectivity index (χ2v) is 8.34. The van der Waals surface area contributed by atoms with Gasteiger partial charge in [-0.1, -0.05) is 37.0 Å². The number of rotatable bonds is 6.